The second-order valence-electron chi connectivity index (χ2n) is 5.46. The lowest BCUT2D eigenvalue weighted by molar-refractivity contribution is 0.453. The van der Waals surface area contributed by atoms with E-state index >= 15 is 0 Å². The Bertz CT molecular complexity index is 982. The summed E-state index contributed by atoms with van der Waals surface area (Å²) in [6, 6.07) is 12.3. The Balaban J connectivity index is 2.04. The van der Waals surface area contributed by atoms with E-state index in [0.29, 0.717) is 22.2 Å². The largest absolute Gasteiger partial charge is 0.507 e. The van der Waals surface area contributed by atoms with Crippen LogP contribution in [0.5, 0.6) is 23.0 Å². The van der Waals surface area contributed by atoms with Crippen LogP contribution in [0.1, 0.15) is 0 Å². The van der Waals surface area contributed by atoms with Crippen LogP contribution in [-0.4, -0.2) is 29.2 Å². The normalized spacial score (nSPS) is 11.0. The lowest BCUT2D eigenvalue weighted by atomic mass is 9.96. The van der Waals surface area contributed by atoms with Crippen molar-refractivity contribution in [1.82, 2.24) is 8.75 Å². The van der Waals surface area contributed by atoms with Crippen molar-refractivity contribution in [2.75, 3.05) is 0 Å². The van der Waals surface area contributed by atoms with Crippen LogP contribution in [-0.2, 0) is 0 Å². The first kappa shape index (κ1) is 15.2. The van der Waals surface area contributed by atoms with Gasteiger partial charge in [-0.3, -0.25) is 0 Å². The quantitative estimate of drug-likeness (QED) is 0.437. The highest BCUT2D eigenvalue weighted by atomic mass is 32.1. The fraction of sp³-hybridized carbons (Fsp3) is 0. The molecule has 4 rings (SSSR count). The maximum absolute atomic E-state index is 10.1. The summed E-state index contributed by atoms with van der Waals surface area (Å²) in [5.41, 5.74) is 2.46. The minimum atomic E-state index is -0.0764. The molecule has 0 fully saturated rings. The summed E-state index contributed by atoms with van der Waals surface area (Å²) in [5, 5.41) is 40.5. The fourth-order valence-corrected chi connectivity index (χ4v) is 3.45. The molecular weight excluding hydrogens is 340 g/mol. The molecule has 4 N–H and O–H groups in total. The number of fused-ring (bicyclic) bond motifs is 1. The van der Waals surface area contributed by atoms with Crippen molar-refractivity contribution >= 4 is 22.8 Å². The van der Waals surface area contributed by atoms with Crippen molar-refractivity contribution in [3.05, 3.63) is 48.5 Å². The summed E-state index contributed by atoms with van der Waals surface area (Å²) in [5.74, 6) is -0.306. The molecule has 25 heavy (non-hydrogen) atoms. The van der Waals surface area contributed by atoms with E-state index in [2.05, 4.69) is 8.75 Å². The van der Waals surface area contributed by atoms with Crippen molar-refractivity contribution < 1.29 is 20.4 Å². The molecule has 1 heterocycles. The van der Waals surface area contributed by atoms with E-state index in [1.54, 1.807) is 24.3 Å². The first-order valence-electron chi connectivity index (χ1n) is 7.36. The molecule has 0 aliphatic rings. The van der Waals surface area contributed by atoms with E-state index in [-0.39, 0.29) is 34.1 Å². The van der Waals surface area contributed by atoms with Gasteiger partial charge in [0.2, 0.25) is 0 Å². The zero-order valence-electron chi connectivity index (χ0n) is 12.7. The number of hydrogen-bond donors (Lipinski definition) is 4. The van der Waals surface area contributed by atoms with Crippen LogP contribution in [0.3, 0.4) is 0 Å². The maximum Gasteiger partial charge on any atom is 0.127 e. The molecular formula is C18H12N2O4S. The number of hydrogen-bond acceptors (Lipinski definition) is 7. The third-order valence-electron chi connectivity index (χ3n) is 4.00. The molecule has 0 unspecified atom stereocenters. The molecule has 3 aromatic carbocycles. The molecule has 7 heteroatoms. The summed E-state index contributed by atoms with van der Waals surface area (Å²) in [6.07, 6.45) is 0. The summed E-state index contributed by atoms with van der Waals surface area (Å²) in [6.45, 7) is 0. The van der Waals surface area contributed by atoms with Crippen molar-refractivity contribution in [2.45, 2.75) is 0 Å². The zero-order valence-corrected chi connectivity index (χ0v) is 13.5. The number of aromatic nitrogens is 2. The molecule has 0 atom stereocenters. The smallest absolute Gasteiger partial charge is 0.127 e. The summed E-state index contributed by atoms with van der Waals surface area (Å²) >= 11 is 0.967. The van der Waals surface area contributed by atoms with Crippen molar-refractivity contribution in [3.63, 3.8) is 0 Å². The molecule has 6 nitrogen and oxygen atoms in total. The Morgan fingerprint density at radius 3 is 1.28 bits per heavy atom. The van der Waals surface area contributed by atoms with Crippen LogP contribution < -0.4 is 0 Å². The molecule has 124 valence electrons. The molecule has 4 aromatic rings. The molecule has 0 saturated heterocycles. The molecule has 0 aliphatic heterocycles. The summed E-state index contributed by atoms with van der Waals surface area (Å²) in [7, 11) is 0. The maximum atomic E-state index is 10.1. The van der Waals surface area contributed by atoms with Crippen LogP contribution in [0, 0.1) is 0 Å². The molecule has 0 aliphatic carbocycles. The molecule has 0 spiro atoms. The summed E-state index contributed by atoms with van der Waals surface area (Å²) < 4.78 is 8.54. The Labute approximate surface area is 146 Å². The number of benzene rings is 3. The Hall–Kier alpha value is -3.32. The lowest BCUT2D eigenvalue weighted by Gasteiger charge is -2.11. The fourth-order valence-electron chi connectivity index (χ4n) is 2.88. The van der Waals surface area contributed by atoms with Gasteiger partial charge in [0.1, 0.15) is 34.0 Å². The SMILES string of the molecule is Oc1cccc(O)c1-c1ccc(-c2c(O)cccc2O)c2nsnc12. The van der Waals surface area contributed by atoms with Crippen LogP contribution in [0.2, 0.25) is 0 Å². The third kappa shape index (κ3) is 2.33. The van der Waals surface area contributed by atoms with Crippen molar-refractivity contribution in [3.8, 4) is 45.3 Å². The number of rotatable bonds is 2. The standard InChI is InChI=1S/C18H12N2O4S/c21-11-3-1-4-12(22)15(11)9-7-8-10(18-17(9)19-25-20-18)16-13(23)5-2-6-14(16)24/h1-8,21-24H. The van der Waals surface area contributed by atoms with Gasteiger partial charge >= 0.3 is 0 Å². The highest BCUT2D eigenvalue weighted by Gasteiger charge is 2.20. The van der Waals surface area contributed by atoms with Gasteiger partial charge < -0.3 is 20.4 Å². The average Bonchev–Trinajstić information content (AvgIpc) is 3.06. The number of phenolic OH excluding ortho intramolecular Hbond substituents is 4. The van der Waals surface area contributed by atoms with E-state index in [1.807, 2.05) is 0 Å². The first-order valence-corrected chi connectivity index (χ1v) is 8.09. The topological polar surface area (TPSA) is 107 Å². The van der Waals surface area contributed by atoms with Gasteiger partial charge in [0.25, 0.3) is 0 Å². The molecule has 0 radical (unpaired) electrons. The van der Waals surface area contributed by atoms with E-state index in [1.165, 1.54) is 24.3 Å². The van der Waals surface area contributed by atoms with E-state index in [4.69, 9.17) is 0 Å². The van der Waals surface area contributed by atoms with Crippen molar-refractivity contribution in [2.24, 2.45) is 0 Å². The van der Waals surface area contributed by atoms with Gasteiger partial charge in [0.05, 0.1) is 22.9 Å². The molecule has 0 saturated carbocycles. The van der Waals surface area contributed by atoms with Crippen LogP contribution in [0.15, 0.2) is 48.5 Å². The van der Waals surface area contributed by atoms with Gasteiger partial charge in [-0.25, -0.2) is 0 Å². The predicted octanol–water partition coefficient (Wildman–Crippen LogP) is 3.85. The minimum absolute atomic E-state index is 0.0764. The number of nitrogens with zero attached hydrogens (tertiary/aromatic N) is 2. The molecule has 0 bridgehead atoms. The second-order valence-corrected chi connectivity index (χ2v) is 5.99. The predicted molar refractivity (Wildman–Crippen MR) is 94.9 cm³/mol. The Morgan fingerprint density at radius 1 is 0.560 bits per heavy atom. The molecule has 1 aromatic heterocycles. The van der Waals surface area contributed by atoms with Gasteiger partial charge in [0.15, 0.2) is 0 Å². The highest BCUT2D eigenvalue weighted by Crippen LogP contribution is 2.45. The monoisotopic (exact) mass is 352 g/mol. The number of aromatic hydroxyl groups is 4. The van der Waals surface area contributed by atoms with Crippen LogP contribution in [0.4, 0.5) is 0 Å². The van der Waals surface area contributed by atoms with Gasteiger partial charge in [-0.05, 0) is 24.3 Å². The first-order chi connectivity index (χ1) is 12.1. The molecule has 0 amide bonds. The zero-order chi connectivity index (χ0) is 17.6. The van der Waals surface area contributed by atoms with Crippen molar-refractivity contribution in [1.29, 1.82) is 0 Å². The lowest BCUT2D eigenvalue weighted by Crippen LogP contribution is -1.88. The highest BCUT2D eigenvalue weighted by molar-refractivity contribution is 7.00. The minimum Gasteiger partial charge on any atom is -0.507 e. The van der Waals surface area contributed by atoms with E-state index < -0.39 is 0 Å². The summed E-state index contributed by atoms with van der Waals surface area (Å²) in [4.78, 5) is 0. The third-order valence-corrected chi connectivity index (χ3v) is 4.52. The average molecular weight is 352 g/mol. The Morgan fingerprint density at radius 2 is 0.920 bits per heavy atom. The van der Waals surface area contributed by atoms with Crippen LogP contribution >= 0.6 is 11.7 Å². The Kier molecular flexibility index (Phi) is 3.43. The van der Waals surface area contributed by atoms with Gasteiger partial charge in [-0.1, -0.05) is 24.3 Å². The van der Waals surface area contributed by atoms with Gasteiger partial charge in [-0.15, -0.1) is 0 Å². The number of phenols is 4. The second kappa shape index (κ2) is 5.64. The van der Waals surface area contributed by atoms with Gasteiger partial charge in [0, 0.05) is 11.1 Å². The van der Waals surface area contributed by atoms with Gasteiger partial charge in [-0.2, -0.15) is 8.75 Å². The van der Waals surface area contributed by atoms with Crippen LogP contribution in [0.25, 0.3) is 33.3 Å². The van der Waals surface area contributed by atoms with E-state index in [9.17, 15) is 20.4 Å². The van der Waals surface area contributed by atoms with E-state index in [0.717, 1.165) is 11.7 Å².